The Morgan fingerprint density at radius 3 is 2.30 bits per heavy atom. The van der Waals surface area contributed by atoms with E-state index in [9.17, 15) is 13.2 Å². The summed E-state index contributed by atoms with van der Waals surface area (Å²) in [6.45, 7) is 0.471. The lowest BCUT2D eigenvalue weighted by Gasteiger charge is -2.21. The third kappa shape index (κ3) is 7.14. The van der Waals surface area contributed by atoms with E-state index in [-0.39, 0.29) is 11.7 Å². The maximum absolute atomic E-state index is 11.9. The Labute approximate surface area is 138 Å². The average molecular weight is 338 g/mol. The molecule has 1 aromatic carbocycles. The molecule has 23 heavy (non-hydrogen) atoms. The van der Waals surface area contributed by atoms with Crippen molar-refractivity contribution in [3.63, 3.8) is 0 Å². The summed E-state index contributed by atoms with van der Waals surface area (Å²) in [6.07, 6.45) is 8.04. The van der Waals surface area contributed by atoms with Crippen LogP contribution in [-0.2, 0) is 27.1 Å². The van der Waals surface area contributed by atoms with Crippen LogP contribution in [0.15, 0.2) is 24.3 Å². The van der Waals surface area contributed by atoms with Crippen molar-refractivity contribution in [1.29, 1.82) is 0 Å². The van der Waals surface area contributed by atoms with Gasteiger partial charge in [0, 0.05) is 13.0 Å². The second kappa shape index (κ2) is 8.45. The average Bonchev–Trinajstić information content (AvgIpc) is 2.52. The Hall–Kier alpha value is -1.40. The van der Waals surface area contributed by atoms with Gasteiger partial charge in [-0.15, -0.1) is 0 Å². The van der Waals surface area contributed by atoms with Crippen molar-refractivity contribution in [2.75, 3.05) is 0 Å². The minimum absolute atomic E-state index is 0.0872. The molecule has 0 atom stereocenters. The maximum atomic E-state index is 11.9. The van der Waals surface area contributed by atoms with Crippen LogP contribution in [0.5, 0.6) is 0 Å². The van der Waals surface area contributed by atoms with E-state index in [1.807, 2.05) is 12.1 Å². The lowest BCUT2D eigenvalue weighted by atomic mass is 9.86. The van der Waals surface area contributed by atoms with Crippen LogP contribution in [-0.4, -0.2) is 14.3 Å². The summed E-state index contributed by atoms with van der Waals surface area (Å²) in [4.78, 5) is 11.9. The van der Waals surface area contributed by atoms with Crippen molar-refractivity contribution in [3.8, 4) is 0 Å². The summed E-state index contributed by atoms with van der Waals surface area (Å²) in [5.74, 6) is 0.636. The highest BCUT2D eigenvalue weighted by molar-refractivity contribution is 7.88. The zero-order chi connectivity index (χ0) is 16.7. The quantitative estimate of drug-likeness (QED) is 0.800. The van der Waals surface area contributed by atoms with Crippen molar-refractivity contribution in [2.24, 2.45) is 11.1 Å². The number of benzene rings is 1. The molecule has 0 aliphatic heterocycles. The minimum atomic E-state index is -3.50. The van der Waals surface area contributed by atoms with Gasteiger partial charge in [-0.05, 0) is 23.5 Å². The molecule has 3 N–H and O–H groups in total. The maximum Gasteiger partial charge on any atom is 0.220 e. The molecule has 128 valence electrons. The highest BCUT2D eigenvalue weighted by Gasteiger charge is 2.14. The summed E-state index contributed by atoms with van der Waals surface area (Å²) >= 11 is 0. The number of rotatable bonds is 7. The first kappa shape index (κ1) is 17.9. The lowest BCUT2D eigenvalue weighted by molar-refractivity contribution is -0.121. The molecule has 0 aromatic heterocycles. The number of sulfonamides is 1. The molecule has 1 aliphatic rings. The number of primary sulfonamides is 1. The van der Waals surface area contributed by atoms with Gasteiger partial charge in [0.15, 0.2) is 0 Å². The predicted octanol–water partition coefficient (Wildman–Crippen LogP) is 2.45. The fourth-order valence-corrected chi connectivity index (χ4v) is 3.74. The van der Waals surface area contributed by atoms with Crippen LogP contribution in [0, 0.1) is 5.92 Å². The number of nitrogens with two attached hydrogens (primary N) is 1. The van der Waals surface area contributed by atoms with E-state index < -0.39 is 10.0 Å². The first-order valence-electron chi connectivity index (χ1n) is 8.27. The van der Waals surface area contributed by atoms with Gasteiger partial charge in [0.05, 0.1) is 5.75 Å². The molecule has 0 radical (unpaired) electrons. The first-order chi connectivity index (χ1) is 10.9. The third-order valence-corrected chi connectivity index (χ3v) is 5.12. The van der Waals surface area contributed by atoms with E-state index >= 15 is 0 Å². The molecule has 1 amide bonds. The minimum Gasteiger partial charge on any atom is -0.352 e. The topological polar surface area (TPSA) is 89.3 Å². The number of amides is 1. The Kier molecular flexibility index (Phi) is 6.59. The van der Waals surface area contributed by atoms with Crippen molar-refractivity contribution < 1.29 is 13.2 Å². The lowest BCUT2D eigenvalue weighted by Crippen LogP contribution is -2.23. The third-order valence-electron chi connectivity index (χ3n) is 4.38. The number of hydrogen-bond acceptors (Lipinski definition) is 3. The van der Waals surface area contributed by atoms with Crippen LogP contribution >= 0.6 is 0 Å². The Balaban J connectivity index is 1.71. The number of carbonyl (C=O) groups is 1. The molecule has 0 saturated heterocycles. The standard InChI is InChI=1S/C17H26N2O3S/c18-23(21,22)13-16-8-6-15(7-9-16)12-19-17(20)11-10-14-4-2-1-3-5-14/h6-9,14H,1-5,10-13H2,(H,19,20)(H2,18,21,22). The van der Waals surface area contributed by atoms with Crippen LogP contribution in [0.1, 0.15) is 56.1 Å². The van der Waals surface area contributed by atoms with Gasteiger partial charge in [-0.25, -0.2) is 13.6 Å². The van der Waals surface area contributed by atoms with Crippen LogP contribution < -0.4 is 10.5 Å². The first-order valence-corrected chi connectivity index (χ1v) is 9.99. The van der Waals surface area contributed by atoms with Crippen LogP contribution in [0.2, 0.25) is 0 Å². The van der Waals surface area contributed by atoms with E-state index in [4.69, 9.17) is 5.14 Å². The zero-order valence-electron chi connectivity index (χ0n) is 13.5. The summed E-state index contributed by atoms with van der Waals surface area (Å²) < 4.78 is 22.0. The monoisotopic (exact) mass is 338 g/mol. The summed E-state index contributed by atoms with van der Waals surface area (Å²) in [7, 11) is -3.50. The molecule has 0 bridgehead atoms. The second-order valence-electron chi connectivity index (χ2n) is 6.44. The van der Waals surface area contributed by atoms with Gasteiger partial charge < -0.3 is 5.32 Å². The second-order valence-corrected chi connectivity index (χ2v) is 8.06. The zero-order valence-corrected chi connectivity index (χ0v) is 14.3. The molecule has 0 heterocycles. The summed E-state index contributed by atoms with van der Waals surface area (Å²) in [5.41, 5.74) is 1.61. The molecular formula is C17H26N2O3S. The van der Waals surface area contributed by atoms with E-state index in [0.717, 1.165) is 12.0 Å². The molecule has 5 nitrogen and oxygen atoms in total. The van der Waals surface area contributed by atoms with Crippen LogP contribution in [0.4, 0.5) is 0 Å². The van der Waals surface area contributed by atoms with Crippen LogP contribution in [0.3, 0.4) is 0 Å². The molecule has 1 aromatic rings. The molecule has 2 rings (SSSR count). The van der Waals surface area contributed by atoms with Crippen molar-refractivity contribution in [2.45, 2.75) is 57.2 Å². The Morgan fingerprint density at radius 1 is 1.09 bits per heavy atom. The van der Waals surface area contributed by atoms with Crippen molar-refractivity contribution in [1.82, 2.24) is 5.32 Å². The predicted molar refractivity (Wildman–Crippen MR) is 90.9 cm³/mol. The van der Waals surface area contributed by atoms with Gasteiger partial charge in [0.1, 0.15) is 0 Å². The Morgan fingerprint density at radius 2 is 1.70 bits per heavy atom. The van der Waals surface area contributed by atoms with Gasteiger partial charge in [-0.3, -0.25) is 4.79 Å². The van der Waals surface area contributed by atoms with Gasteiger partial charge in [-0.1, -0.05) is 56.4 Å². The molecule has 0 unspecified atom stereocenters. The van der Waals surface area contributed by atoms with Gasteiger partial charge in [0.2, 0.25) is 15.9 Å². The molecule has 1 aliphatic carbocycles. The van der Waals surface area contributed by atoms with Gasteiger partial charge >= 0.3 is 0 Å². The van der Waals surface area contributed by atoms with Gasteiger partial charge in [-0.2, -0.15) is 0 Å². The summed E-state index contributed by atoms with van der Waals surface area (Å²) in [6, 6.07) is 7.10. The van der Waals surface area contributed by atoms with Crippen LogP contribution in [0.25, 0.3) is 0 Å². The SMILES string of the molecule is NS(=O)(=O)Cc1ccc(CNC(=O)CCC2CCCCC2)cc1. The number of carbonyl (C=O) groups excluding carboxylic acids is 1. The Bertz CT molecular complexity index is 605. The summed E-state index contributed by atoms with van der Waals surface area (Å²) in [5, 5.41) is 7.94. The number of nitrogens with one attached hydrogen (secondary N) is 1. The fourth-order valence-electron chi connectivity index (χ4n) is 3.09. The highest BCUT2D eigenvalue weighted by Crippen LogP contribution is 2.27. The van der Waals surface area contributed by atoms with E-state index in [2.05, 4.69) is 5.32 Å². The fraction of sp³-hybridized carbons (Fsp3) is 0.588. The largest absolute Gasteiger partial charge is 0.352 e. The molecule has 1 saturated carbocycles. The van der Waals surface area contributed by atoms with Gasteiger partial charge in [0.25, 0.3) is 0 Å². The highest BCUT2D eigenvalue weighted by atomic mass is 32.2. The molecule has 1 fully saturated rings. The van der Waals surface area contributed by atoms with E-state index in [0.29, 0.717) is 24.4 Å². The molecular weight excluding hydrogens is 312 g/mol. The normalized spacial score (nSPS) is 16.2. The molecule has 0 spiro atoms. The van der Waals surface area contributed by atoms with Crippen molar-refractivity contribution in [3.05, 3.63) is 35.4 Å². The van der Waals surface area contributed by atoms with E-state index in [1.54, 1.807) is 12.1 Å². The smallest absolute Gasteiger partial charge is 0.220 e. The van der Waals surface area contributed by atoms with Crippen molar-refractivity contribution >= 4 is 15.9 Å². The number of hydrogen-bond donors (Lipinski definition) is 2. The van der Waals surface area contributed by atoms with E-state index in [1.165, 1.54) is 32.1 Å². The molecule has 6 heteroatoms.